The molecular formula is C18H14N4O. The summed E-state index contributed by atoms with van der Waals surface area (Å²) in [5.41, 5.74) is 4.72. The molecule has 1 heterocycles. The number of aromatic amines is 1. The number of nitrogens with zero attached hydrogens (tertiary/aromatic N) is 3. The Hall–Kier alpha value is -3.08. The predicted octanol–water partition coefficient (Wildman–Crippen LogP) is 3.08. The summed E-state index contributed by atoms with van der Waals surface area (Å²) in [5.74, 6) is 0.695. The zero-order chi connectivity index (χ0) is 15.6. The quantitative estimate of drug-likeness (QED) is 0.738. The number of aryl methyl sites for hydroxylation is 1. The second-order valence-corrected chi connectivity index (χ2v) is 5.51. The van der Waals surface area contributed by atoms with Crippen LogP contribution in [0.4, 0.5) is 0 Å². The van der Waals surface area contributed by atoms with Crippen molar-refractivity contribution in [3.63, 3.8) is 0 Å². The van der Waals surface area contributed by atoms with Gasteiger partial charge in [0, 0.05) is 16.7 Å². The Morgan fingerprint density at radius 3 is 2.61 bits per heavy atom. The van der Waals surface area contributed by atoms with Crippen LogP contribution in [0, 0.1) is 0 Å². The van der Waals surface area contributed by atoms with E-state index in [0.29, 0.717) is 5.82 Å². The largest absolute Gasteiger partial charge is 0.289 e. The number of benzene rings is 2. The molecule has 0 fully saturated rings. The van der Waals surface area contributed by atoms with Gasteiger partial charge < -0.3 is 0 Å². The zero-order valence-corrected chi connectivity index (χ0v) is 12.4. The third-order valence-corrected chi connectivity index (χ3v) is 4.07. The third-order valence-electron chi connectivity index (χ3n) is 4.07. The summed E-state index contributed by atoms with van der Waals surface area (Å²) in [5, 5.41) is 13.9. The molecule has 1 aliphatic carbocycles. The van der Waals surface area contributed by atoms with Crippen LogP contribution in [0.1, 0.15) is 27.9 Å². The van der Waals surface area contributed by atoms with Gasteiger partial charge in [0.1, 0.15) is 0 Å². The van der Waals surface area contributed by atoms with Crippen molar-refractivity contribution in [1.29, 1.82) is 0 Å². The number of tetrazole rings is 1. The number of hydrogen-bond donors (Lipinski definition) is 1. The van der Waals surface area contributed by atoms with Crippen molar-refractivity contribution < 1.29 is 4.79 Å². The molecule has 1 N–H and O–H groups in total. The highest BCUT2D eigenvalue weighted by atomic mass is 16.1. The van der Waals surface area contributed by atoms with E-state index in [4.69, 9.17) is 0 Å². The fraction of sp³-hybridized carbons (Fsp3) is 0.111. The lowest BCUT2D eigenvalue weighted by molar-refractivity contribution is 0.102. The Labute approximate surface area is 133 Å². The lowest BCUT2D eigenvalue weighted by Crippen LogP contribution is -2.13. The first kappa shape index (κ1) is 13.6. The molecule has 0 radical (unpaired) electrons. The van der Waals surface area contributed by atoms with Crippen LogP contribution in [0.25, 0.3) is 17.5 Å². The Morgan fingerprint density at radius 1 is 1.00 bits per heavy atom. The Bertz CT molecular complexity index is 880. The number of aromatic nitrogens is 4. The van der Waals surface area contributed by atoms with Crippen LogP contribution in [0.5, 0.6) is 0 Å². The van der Waals surface area contributed by atoms with Crippen LogP contribution in [-0.4, -0.2) is 26.4 Å². The normalized spacial score (nSPS) is 15.7. The van der Waals surface area contributed by atoms with Gasteiger partial charge in [-0.15, -0.1) is 10.2 Å². The Kier molecular flexibility index (Phi) is 3.31. The first-order valence-corrected chi connectivity index (χ1v) is 7.48. The van der Waals surface area contributed by atoms with E-state index < -0.39 is 0 Å². The molecule has 1 aromatic heterocycles. The van der Waals surface area contributed by atoms with Crippen molar-refractivity contribution in [2.45, 2.75) is 12.8 Å². The zero-order valence-electron chi connectivity index (χ0n) is 12.4. The summed E-state index contributed by atoms with van der Waals surface area (Å²) in [4.78, 5) is 12.6. The molecule has 0 bridgehead atoms. The minimum atomic E-state index is 0.133. The summed E-state index contributed by atoms with van der Waals surface area (Å²) in [6, 6.07) is 15.6. The van der Waals surface area contributed by atoms with Gasteiger partial charge in [0.2, 0.25) is 5.82 Å². The third kappa shape index (κ3) is 2.57. The minimum Gasteiger partial charge on any atom is -0.289 e. The number of allylic oxidation sites excluding steroid dienone is 1. The standard InChI is InChI=1S/C18H14N4O/c23-17-15(10-9-13-3-1-2-4-16(13)17)11-12-5-7-14(8-6-12)18-19-21-22-20-18/h1-8,11H,9-10H2,(H,19,20,21,22)/b15-11+. The molecule has 0 saturated heterocycles. The summed E-state index contributed by atoms with van der Waals surface area (Å²) >= 11 is 0. The summed E-state index contributed by atoms with van der Waals surface area (Å²) in [6.45, 7) is 0. The number of ketones is 1. The number of nitrogens with one attached hydrogen (secondary N) is 1. The average molecular weight is 302 g/mol. The molecule has 0 unspecified atom stereocenters. The van der Waals surface area contributed by atoms with Crippen LogP contribution in [-0.2, 0) is 6.42 Å². The van der Waals surface area contributed by atoms with Crippen LogP contribution >= 0.6 is 0 Å². The van der Waals surface area contributed by atoms with Crippen molar-refractivity contribution in [3.8, 4) is 11.4 Å². The lowest BCUT2D eigenvalue weighted by Gasteiger charge is -2.17. The maximum Gasteiger partial charge on any atom is 0.204 e. The van der Waals surface area contributed by atoms with E-state index >= 15 is 0 Å². The number of carbonyl (C=O) groups excluding carboxylic acids is 1. The van der Waals surface area contributed by atoms with E-state index in [0.717, 1.165) is 40.7 Å². The fourth-order valence-electron chi connectivity index (χ4n) is 2.87. The van der Waals surface area contributed by atoms with Crippen LogP contribution in [0.3, 0.4) is 0 Å². The highest BCUT2D eigenvalue weighted by Gasteiger charge is 2.21. The molecule has 0 atom stereocenters. The number of carbonyl (C=O) groups is 1. The van der Waals surface area contributed by atoms with Gasteiger partial charge in [-0.05, 0) is 35.3 Å². The van der Waals surface area contributed by atoms with Crippen molar-refractivity contribution in [2.75, 3.05) is 0 Å². The highest BCUT2D eigenvalue weighted by Crippen LogP contribution is 2.26. The average Bonchev–Trinajstić information content (AvgIpc) is 3.13. The smallest absolute Gasteiger partial charge is 0.204 e. The van der Waals surface area contributed by atoms with Crippen molar-refractivity contribution in [1.82, 2.24) is 20.6 Å². The van der Waals surface area contributed by atoms with Crippen molar-refractivity contribution in [3.05, 3.63) is 70.8 Å². The van der Waals surface area contributed by atoms with Gasteiger partial charge >= 0.3 is 0 Å². The summed E-state index contributed by atoms with van der Waals surface area (Å²) in [6.07, 6.45) is 3.66. The second kappa shape index (κ2) is 5.61. The van der Waals surface area contributed by atoms with Gasteiger partial charge in [0.05, 0.1) is 0 Å². The summed E-state index contributed by atoms with van der Waals surface area (Å²) < 4.78 is 0. The van der Waals surface area contributed by atoms with E-state index in [1.165, 1.54) is 0 Å². The topological polar surface area (TPSA) is 71.5 Å². The molecule has 23 heavy (non-hydrogen) atoms. The number of hydrogen-bond acceptors (Lipinski definition) is 4. The van der Waals surface area contributed by atoms with Gasteiger partial charge in [-0.2, -0.15) is 5.21 Å². The van der Waals surface area contributed by atoms with E-state index in [1.807, 2.05) is 54.6 Å². The first-order valence-electron chi connectivity index (χ1n) is 7.48. The maximum atomic E-state index is 12.6. The van der Waals surface area contributed by atoms with Crippen molar-refractivity contribution >= 4 is 11.9 Å². The number of rotatable bonds is 2. The molecule has 0 saturated carbocycles. The molecule has 0 aliphatic heterocycles. The molecule has 5 nitrogen and oxygen atoms in total. The first-order chi connectivity index (χ1) is 11.3. The predicted molar refractivity (Wildman–Crippen MR) is 86.7 cm³/mol. The van der Waals surface area contributed by atoms with Gasteiger partial charge in [0.25, 0.3) is 0 Å². The van der Waals surface area contributed by atoms with E-state index in [9.17, 15) is 4.79 Å². The molecule has 5 heteroatoms. The number of fused-ring (bicyclic) bond motifs is 1. The van der Waals surface area contributed by atoms with E-state index in [2.05, 4.69) is 20.6 Å². The van der Waals surface area contributed by atoms with Crippen LogP contribution < -0.4 is 0 Å². The fourth-order valence-corrected chi connectivity index (χ4v) is 2.87. The summed E-state index contributed by atoms with van der Waals surface area (Å²) in [7, 11) is 0. The van der Waals surface area contributed by atoms with Crippen LogP contribution in [0.15, 0.2) is 54.1 Å². The van der Waals surface area contributed by atoms with Gasteiger partial charge in [-0.25, -0.2) is 0 Å². The maximum absolute atomic E-state index is 12.6. The van der Waals surface area contributed by atoms with Crippen molar-refractivity contribution in [2.24, 2.45) is 0 Å². The molecule has 1 aliphatic rings. The SMILES string of the molecule is O=C1/C(=C/c2ccc(-c3nn[nH]n3)cc2)CCc2ccccc21. The molecular weight excluding hydrogens is 288 g/mol. The molecule has 112 valence electrons. The Balaban J connectivity index is 1.62. The van der Waals surface area contributed by atoms with E-state index in [-0.39, 0.29) is 5.78 Å². The molecule has 4 rings (SSSR count). The minimum absolute atomic E-state index is 0.133. The second-order valence-electron chi connectivity index (χ2n) is 5.51. The van der Waals surface area contributed by atoms with Crippen LogP contribution in [0.2, 0.25) is 0 Å². The molecule has 0 amide bonds. The molecule has 0 spiro atoms. The van der Waals surface area contributed by atoms with Gasteiger partial charge in [-0.3, -0.25) is 4.79 Å². The lowest BCUT2D eigenvalue weighted by atomic mass is 9.86. The highest BCUT2D eigenvalue weighted by molar-refractivity contribution is 6.13. The van der Waals surface area contributed by atoms with Gasteiger partial charge in [0.15, 0.2) is 5.78 Å². The van der Waals surface area contributed by atoms with Gasteiger partial charge in [-0.1, -0.05) is 48.5 Å². The molecule has 3 aromatic rings. The Morgan fingerprint density at radius 2 is 1.83 bits per heavy atom. The number of Topliss-reactive ketones (excluding diaryl/α,β-unsaturated/α-hetero) is 1. The van der Waals surface area contributed by atoms with E-state index in [1.54, 1.807) is 0 Å². The number of H-pyrrole nitrogens is 1. The molecule has 2 aromatic carbocycles. The monoisotopic (exact) mass is 302 g/mol.